The van der Waals surface area contributed by atoms with Crippen LogP contribution in [0.3, 0.4) is 0 Å². The molecule has 0 aromatic heterocycles. The molecule has 0 bridgehead atoms. The number of carbonyl (C=O) groups excluding carboxylic acids is 1. The molecule has 100 valence electrons. The van der Waals surface area contributed by atoms with Gasteiger partial charge in [0, 0.05) is 12.5 Å². The SMILES string of the molecule is CC(=O)Oc1ccccc1C(C)(O)CC(F)(F)F. The molecule has 0 fully saturated rings. The molecule has 6 heteroatoms. The van der Waals surface area contributed by atoms with Gasteiger partial charge in [-0.3, -0.25) is 4.79 Å². The molecule has 3 nitrogen and oxygen atoms in total. The number of rotatable bonds is 3. The monoisotopic (exact) mass is 262 g/mol. The third-order valence-electron chi connectivity index (χ3n) is 2.27. The molecule has 0 amide bonds. The Morgan fingerprint density at radius 1 is 1.33 bits per heavy atom. The minimum absolute atomic E-state index is 0.0701. The van der Waals surface area contributed by atoms with Gasteiger partial charge in [-0.05, 0) is 13.0 Å². The van der Waals surface area contributed by atoms with Crippen LogP contribution in [-0.2, 0) is 10.4 Å². The van der Waals surface area contributed by atoms with Gasteiger partial charge in [-0.2, -0.15) is 13.2 Å². The van der Waals surface area contributed by atoms with Crippen LogP contribution in [0.2, 0.25) is 0 Å². The van der Waals surface area contributed by atoms with Crippen molar-refractivity contribution in [3.05, 3.63) is 29.8 Å². The number of para-hydroxylation sites is 1. The molecule has 18 heavy (non-hydrogen) atoms. The van der Waals surface area contributed by atoms with E-state index in [1.54, 1.807) is 0 Å². The zero-order valence-electron chi connectivity index (χ0n) is 9.91. The number of aliphatic hydroxyl groups is 1. The fourth-order valence-electron chi connectivity index (χ4n) is 1.64. The number of carbonyl (C=O) groups is 1. The predicted molar refractivity (Wildman–Crippen MR) is 58.0 cm³/mol. The van der Waals surface area contributed by atoms with E-state index in [0.717, 1.165) is 13.8 Å². The summed E-state index contributed by atoms with van der Waals surface area (Å²) in [5.74, 6) is -0.732. The van der Waals surface area contributed by atoms with Crippen molar-refractivity contribution in [2.75, 3.05) is 0 Å². The number of benzene rings is 1. The normalized spacial score (nSPS) is 15.0. The summed E-state index contributed by atoms with van der Waals surface area (Å²) in [7, 11) is 0. The number of hydrogen-bond acceptors (Lipinski definition) is 3. The summed E-state index contributed by atoms with van der Waals surface area (Å²) in [5.41, 5.74) is -2.22. The van der Waals surface area contributed by atoms with Gasteiger partial charge in [0.05, 0.1) is 12.0 Å². The van der Waals surface area contributed by atoms with Crippen molar-refractivity contribution in [3.63, 3.8) is 0 Å². The molecular weight excluding hydrogens is 249 g/mol. The van der Waals surface area contributed by atoms with Crippen molar-refractivity contribution in [2.45, 2.75) is 32.0 Å². The van der Waals surface area contributed by atoms with Crippen LogP contribution in [0.25, 0.3) is 0 Å². The first-order chi connectivity index (χ1) is 8.12. The highest BCUT2D eigenvalue weighted by Crippen LogP contribution is 2.38. The topological polar surface area (TPSA) is 46.5 Å². The molecule has 1 rings (SSSR count). The van der Waals surface area contributed by atoms with Crippen molar-refractivity contribution in [2.24, 2.45) is 0 Å². The minimum Gasteiger partial charge on any atom is -0.426 e. The first-order valence-corrected chi connectivity index (χ1v) is 5.19. The molecule has 0 saturated heterocycles. The van der Waals surface area contributed by atoms with E-state index in [2.05, 4.69) is 0 Å². The average molecular weight is 262 g/mol. The molecule has 0 aliphatic rings. The van der Waals surface area contributed by atoms with E-state index < -0.39 is 24.2 Å². The van der Waals surface area contributed by atoms with Gasteiger partial charge in [0.15, 0.2) is 0 Å². The zero-order chi connectivity index (χ0) is 14.0. The van der Waals surface area contributed by atoms with Gasteiger partial charge >= 0.3 is 12.1 Å². The predicted octanol–water partition coefficient (Wildman–Crippen LogP) is 2.77. The number of hydrogen-bond donors (Lipinski definition) is 1. The van der Waals surface area contributed by atoms with Crippen molar-refractivity contribution in [3.8, 4) is 5.75 Å². The summed E-state index contributed by atoms with van der Waals surface area (Å²) in [4.78, 5) is 10.9. The molecular formula is C12H13F3O3. The lowest BCUT2D eigenvalue weighted by Crippen LogP contribution is -2.29. The Hall–Kier alpha value is -1.56. The summed E-state index contributed by atoms with van der Waals surface area (Å²) in [6, 6.07) is 5.60. The van der Waals surface area contributed by atoms with Crippen LogP contribution in [0.1, 0.15) is 25.8 Å². The van der Waals surface area contributed by atoms with Gasteiger partial charge in [-0.25, -0.2) is 0 Å². The second-order valence-electron chi connectivity index (χ2n) is 4.16. The second-order valence-corrected chi connectivity index (χ2v) is 4.16. The Bertz CT molecular complexity index is 438. The Morgan fingerprint density at radius 2 is 1.89 bits per heavy atom. The maximum absolute atomic E-state index is 12.4. The van der Waals surface area contributed by atoms with Crippen LogP contribution in [0.4, 0.5) is 13.2 Å². The van der Waals surface area contributed by atoms with E-state index in [4.69, 9.17) is 4.74 Å². The highest BCUT2D eigenvalue weighted by molar-refractivity contribution is 5.70. The standard InChI is InChI=1S/C12H13F3O3/c1-8(16)18-10-6-4-3-5-9(10)11(2,17)7-12(13,14)15/h3-6,17H,7H2,1-2H3. The van der Waals surface area contributed by atoms with Crippen molar-refractivity contribution in [1.82, 2.24) is 0 Å². The summed E-state index contributed by atoms with van der Waals surface area (Å²) in [6.45, 7) is 2.16. The van der Waals surface area contributed by atoms with Crippen LogP contribution < -0.4 is 4.74 Å². The van der Waals surface area contributed by atoms with Crippen LogP contribution >= 0.6 is 0 Å². The largest absolute Gasteiger partial charge is 0.426 e. The van der Waals surface area contributed by atoms with Crippen LogP contribution in [0.15, 0.2) is 24.3 Å². The highest BCUT2D eigenvalue weighted by atomic mass is 19.4. The van der Waals surface area contributed by atoms with Gasteiger partial charge in [-0.1, -0.05) is 18.2 Å². The second kappa shape index (κ2) is 4.97. The first-order valence-electron chi connectivity index (χ1n) is 5.19. The van der Waals surface area contributed by atoms with E-state index >= 15 is 0 Å². The molecule has 0 spiro atoms. The lowest BCUT2D eigenvalue weighted by molar-refractivity contribution is -0.174. The lowest BCUT2D eigenvalue weighted by atomic mass is 9.91. The van der Waals surface area contributed by atoms with Crippen molar-refractivity contribution >= 4 is 5.97 Å². The Kier molecular flexibility index (Phi) is 4.01. The summed E-state index contributed by atoms with van der Waals surface area (Å²) < 4.78 is 41.9. The molecule has 1 unspecified atom stereocenters. The molecule has 0 aliphatic carbocycles. The summed E-state index contributed by atoms with van der Waals surface area (Å²) >= 11 is 0. The van der Waals surface area contributed by atoms with E-state index in [-0.39, 0.29) is 11.3 Å². The van der Waals surface area contributed by atoms with Crippen molar-refractivity contribution in [1.29, 1.82) is 0 Å². The maximum atomic E-state index is 12.4. The summed E-state index contributed by atoms with van der Waals surface area (Å²) in [5, 5.41) is 9.90. The molecule has 0 heterocycles. The number of halogens is 3. The van der Waals surface area contributed by atoms with Crippen molar-refractivity contribution < 1.29 is 27.8 Å². The molecule has 0 saturated carbocycles. The van der Waals surface area contributed by atoms with E-state index in [9.17, 15) is 23.1 Å². The molecule has 1 N–H and O–H groups in total. The Morgan fingerprint density at radius 3 is 2.39 bits per heavy atom. The van der Waals surface area contributed by atoms with E-state index in [1.165, 1.54) is 24.3 Å². The van der Waals surface area contributed by atoms with Crippen LogP contribution in [-0.4, -0.2) is 17.3 Å². The first kappa shape index (κ1) is 14.5. The Balaban J connectivity index is 3.11. The fraction of sp³-hybridized carbons (Fsp3) is 0.417. The quantitative estimate of drug-likeness (QED) is 0.673. The fourth-order valence-corrected chi connectivity index (χ4v) is 1.64. The third-order valence-corrected chi connectivity index (χ3v) is 2.27. The molecule has 0 radical (unpaired) electrons. The minimum atomic E-state index is -4.52. The van der Waals surface area contributed by atoms with Crippen LogP contribution in [0.5, 0.6) is 5.75 Å². The molecule has 1 aromatic carbocycles. The van der Waals surface area contributed by atoms with Crippen LogP contribution in [0, 0.1) is 0 Å². The van der Waals surface area contributed by atoms with E-state index in [0.29, 0.717) is 0 Å². The van der Waals surface area contributed by atoms with E-state index in [1.807, 2.05) is 0 Å². The molecule has 0 aliphatic heterocycles. The molecule has 1 aromatic rings. The van der Waals surface area contributed by atoms with Gasteiger partial charge in [-0.15, -0.1) is 0 Å². The molecule has 1 atom stereocenters. The average Bonchev–Trinajstić information content (AvgIpc) is 2.13. The third kappa shape index (κ3) is 4.03. The number of ether oxygens (including phenoxy) is 1. The lowest BCUT2D eigenvalue weighted by Gasteiger charge is -2.26. The zero-order valence-corrected chi connectivity index (χ0v) is 9.91. The van der Waals surface area contributed by atoms with Gasteiger partial charge in [0.25, 0.3) is 0 Å². The summed E-state index contributed by atoms with van der Waals surface area (Å²) in [6.07, 6.45) is -5.94. The maximum Gasteiger partial charge on any atom is 0.392 e. The number of alkyl halides is 3. The Labute approximate surface area is 102 Å². The highest BCUT2D eigenvalue weighted by Gasteiger charge is 2.40. The van der Waals surface area contributed by atoms with Gasteiger partial charge in [0.1, 0.15) is 5.75 Å². The van der Waals surface area contributed by atoms with Gasteiger partial charge in [0.2, 0.25) is 0 Å². The number of esters is 1. The smallest absolute Gasteiger partial charge is 0.392 e. The van der Waals surface area contributed by atoms with Gasteiger partial charge < -0.3 is 9.84 Å².